The van der Waals surface area contributed by atoms with Gasteiger partial charge < -0.3 is 14.2 Å². The predicted molar refractivity (Wildman–Crippen MR) is 79.8 cm³/mol. The second-order valence-corrected chi connectivity index (χ2v) is 6.96. The lowest BCUT2D eigenvalue weighted by Gasteiger charge is -2.47. The number of carbonyl (C=O) groups is 1. The molecule has 3 aliphatic rings. The summed E-state index contributed by atoms with van der Waals surface area (Å²) in [6.07, 6.45) is 3.67. The molecule has 0 saturated carbocycles. The van der Waals surface area contributed by atoms with E-state index in [2.05, 4.69) is 10.1 Å². The first kappa shape index (κ1) is 14.2. The van der Waals surface area contributed by atoms with E-state index in [1.54, 1.807) is 6.92 Å². The maximum Gasteiger partial charge on any atom is 0.259 e. The van der Waals surface area contributed by atoms with Crippen LogP contribution in [0.5, 0.6) is 0 Å². The minimum atomic E-state index is -0.109. The lowest BCUT2D eigenvalue weighted by Crippen LogP contribution is -2.63. The molecule has 1 aromatic rings. The minimum Gasteiger partial charge on any atom is -0.370 e. The van der Waals surface area contributed by atoms with Crippen molar-refractivity contribution in [3.8, 4) is 0 Å². The van der Waals surface area contributed by atoms with Crippen molar-refractivity contribution < 1.29 is 14.1 Å². The number of aryl methyl sites for hydroxylation is 2. The molecule has 3 fully saturated rings. The molecule has 3 aliphatic heterocycles. The van der Waals surface area contributed by atoms with E-state index in [9.17, 15) is 4.79 Å². The molecule has 6 nitrogen and oxygen atoms in total. The molecule has 4 rings (SSSR count). The van der Waals surface area contributed by atoms with E-state index in [-0.39, 0.29) is 11.5 Å². The highest BCUT2D eigenvalue weighted by atomic mass is 16.5. The number of nitrogens with zero attached hydrogens (tertiary/aromatic N) is 3. The van der Waals surface area contributed by atoms with Crippen LogP contribution in [0.1, 0.15) is 41.1 Å². The molecule has 0 radical (unpaired) electrons. The fourth-order valence-corrected chi connectivity index (χ4v) is 4.12. The van der Waals surface area contributed by atoms with Gasteiger partial charge in [0.15, 0.2) is 0 Å². The maximum absolute atomic E-state index is 12.6. The largest absolute Gasteiger partial charge is 0.370 e. The number of aromatic nitrogens is 1. The average molecular weight is 305 g/mol. The van der Waals surface area contributed by atoms with Crippen LogP contribution in [-0.4, -0.2) is 65.3 Å². The number of hydrogen-bond donors (Lipinski definition) is 0. The van der Waals surface area contributed by atoms with E-state index in [1.807, 2.05) is 11.8 Å². The number of rotatable bonds is 2. The Kier molecular flexibility index (Phi) is 3.27. The molecule has 0 aliphatic carbocycles. The summed E-state index contributed by atoms with van der Waals surface area (Å²) in [6.45, 7) is 8.21. The lowest BCUT2D eigenvalue weighted by atomic mass is 9.88. The standard InChI is InChI=1S/C16H23N3O3/c1-11-14(12(2)22-17-11)15(20)19-9-16(10-19)7-13(8-21-16)18-5-3-4-6-18/h13H,3-10H2,1-2H3. The third-order valence-electron chi connectivity index (χ3n) is 5.34. The van der Waals surface area contributed by atoms with Crippen LogP contribution in [0.25, 0.3) is 0 Å². The molecule has 0 aromatic carbocycles. The van der Waals surface area contributed by atoms with E-state index in [4.69, 9.17) is 9.26 Å². The molecule has 22 heavy (non-hydrogen) atoms. The quantitative estimate of drug-likeness (QED) is 0.826. The molecule has 0 N–H and O–H groups in total. The summed E-state index contributed by atoms with van der Waals surface area (Å²) in [7, 11) is 0. The first-order valence-corrected chi connectivity index (χ1v) is 8.18. The first-order valence-electron chi connectivity index (χ1n) is 8.18. The topological polar surface area (TPSA) is 58.8 Å². The van der Waals surface area contributed by atoms with Gasteiger partial charge in [-0.15, -0.1) is 0 Å². The van der Waals surface area contributed by atoms with Crippen LogP contribution >= 0.6 is 0 Å². The molecule has 1 spiro atoms. The van der Waals surface area contributed by atoms with Crippen LogP contribution in [0, 0.1) is 13.8 Å². The molecule has 3 saturated heterocycles. The van der Waals surface area contributed by atoms with Crippen molar-refractivity contribution in [1.82, 2.24) is 15.0 Å². The summed E-state index contributed by atoms with van der Waals surface area (Å²) in [6, 6.07) is 0.541. The number of ether oxygens (including phenoxy) is 1. The molecule has 0 bridgehead atoms. The van der Waals surface area contributed by atoms with Gasteiger partial charge in [0.2, 0.25) is 0 Å². The summed E-state index contributed by atoms with van der Waals surface area (Å²) in [4.78, 5) is 17.0. The van der Waals surface area contributed by atoms with E-state index >= 15 is 0 Å². The Morgan fingerprint density at radius 1 is 1.27 bits per heavy atom. The smallest absolute Gasteiger partial charge is 0.259 e. The maximum atomic E-state index is 12.6. The Hall–Kier alpha value is -1.40. The van der Waals surface area contributed by atoms with Gasteiger partial charge in [0.25, 0.3) is 5.91 Å². The molecule has 4 heterocycles. The van der Waals surface area contributed by atoms with Gasteiger partial charge in [-0.05, 0) is 46.2 Å². The SMILES string of the molecule is Cc1noc(C)c1C(=O)N1CC2(CC(N3CCCC3)CO2)C1. The third-order valence-corrected chi connectivity index (χ3v) is 5.34. The second-order valence-electron chi connectivity index (χ2n) is 6.96. The summed E-state index contributed by atoms with van der Waals surface area (Å²) in [5.74, 6) is 0.626. The molecule has 6 heteroatoms. The van der Waals surface area contributed by atoms with Crippen molar-refractivity contribution in [3.05, 3.63) is 17.0 Å². The van der Waals surface area contributed by atoms with Crippen molar-refractivity contribution in [1.29, 1.82) is 0 Å². The Bertz CT molecular complexity index is 566. The normalized spacial score (nSPS) is 27.5. The van der Waals surface area contributed by atoms with Crippen LogP contribution in [0.2, 0.25) is 0 Å². The van der Waals surface area contributed by atoms with E-state index in [0.29, 0.717) is 36.1 Å². The lowest BCUT2D eigenvalue weighted by molar-refractivity contribution is -0.0951. The summed E-state index contributed by atoms with van der Waals surface area (Å²) in [5, 5.41) is 3.87. The highest BCUT2D eigenvalue weighted by molar-refractivity contribution is 5.96. The zero-order valence-corrected chi connectivity index (χ0v) is 13.3. The summed E-state index contributed by atoms with van der Waals surface area (Å²) in [5.41, 5.74) is 1.18. The van der Waals surface area contributed by atoms with Gasteiger partial charge in [0.1, 0.15) is 16.9 Å². The van der Waals surface area contributed by atoms with Crippen molar-refractivity contribution in [2.75, 3.05) is 32.8 Å². The Morgan fingerprint density at radius 2 is 2.00 bits per heavy atom. The molecule has 1 aromatic heterocycles. The average Bonchev–Trinajstić information content (AvgIpc) is 3.16. The Morgan fingerprint density at radius 3 is 2.64 bits per heavy atom. The summed E-state index contributed by atoms with van der Waals surface area (Å²) >= 11 is 0. The fourth-order valence-electron chi connectivity index (χ4n) is 4.12. The highest BCUT2D eigenvalue weighted by Gasteiger charge is 2.52. The molecule has 1 unspecified atom stereocenters. The van der Waals surface area contributed by atoms with Gasteiger partial charge in [-0.1, -0.05) is 5.16 Å². The van der Waals surface area contributed by atoms with Crippen LogP contribution < -0.4 is 0 Å². The van der Waals surface area contributed by atoms with E-state index in [1.165, 1.54) is 25.9 Å². The van der Waals surface area contributed by atoms with Gasteiger partial charge in [-0.2, -0.15) is 0 Å². The van der Waals surface area contributed by atoms with Gasteiger partial charge >= 0.3 is 0 Å². The van der Waals surface area contributed by atoms with Gasteiger partial charge in [-0.3, -0.25) is 9.69 Å². The van der Waals surface area contributed by atoms with Crippen molar-refractivity contribution in [2.24, 2.45) is 0 Å². The zero-order chi connectivity index (χ0) is 15.3. The number of likely N-dealkylation sites (tertiary alicyclic amines) is 2. The third kappa shape index (κ3) is 2.16. The highest BCUT2D eigenvalue weighted by Crippen LogP contribution is 2.38. The van der Waals surface area contributed by atoms with Crippen LogP contribution in [0.15, 0.2) is 4.52 Å². The molecule has 1 amide bonds. The van der Waals surface area contributed by atoms with Crippen molar-refractivity contribution in [2.45, 2.75) is 44.8 Å². The van der Waals surface area contributed by atoms with Crippen LogP contribution in [0.3, 0.4) is 0 Å². The van der Waals surface area contributed by atoms with Gasteiger partial charge in [-0.25, -0.2) is 0 Å². The van der Waals surface area contributed by atoms with Crippen molar-refractivity contribution in [3.63, 3.8) is 0 Å². The van der Waals surface area contributed by atoms with Crippen LogP contribution in [-0.2, 0) is 4.74 Å². The predicted octanol–water partition coefficient (Wildman–Crippen LogP) is 1.37. The van der Waals surface area contributed by atoms with Gasteiger partial charge in [0.05, 0.1) is 25.4 Å². The summed E-state index contributed by atoms with van der Waals surface area (Å²) < 4.78 is 11.2. The zero-order valence-electron chi connectivity index (χ0n) is 13.3. The number of hydrogen-bond acceptors (Lipinski definition) is 5. The number of amides is 1. The molecular weight excluding hydrogens is 282 g/mol. The van der Waals surface area contributed by atoms with E-state index in [0.717, 1.165) is 13.0 Å². The van der Waals surface area contributed by atoms with E-state index < -0.39 is 0 Å². The minimum absolute atomic E-state index is 0.0232. The molecular formula is C16H23N3O3. The Labute approximate surface area is 130 Å². The fraction of sp³-hybridized carbons (Fsp3) is 0.750. The van der Waals surface area contributed by atoms with Crippen LogP contribution in [0.4, 0.5) is 0 Å². The monoisotopic (exact) mass is 305 g/mol. The first-order chi connectivity index (χ1) is 10.6. The Balaban J connectivity index is 1.39. The molecule has 120 valence electrons. The van der Waals surface area contributed by atoms with Crippen molar-refractivity contribution >= 4 is 5.91 Å². The number of carbonyl (C=O) groups excluding carboxylic acids is 1. The molecule has 1 atom stereocenters. The van der Waals surface area contributed by atoms with Gasteiger partial charge in [0, 0.05) is 6.04 Å². The second kappa shape index (κ2) is 5.06.